The van der Waals surface area contributed by atoms with E-state index in [0.29, 0.717) is 10.9 Å². The molecule has 0 bridgehead atoms. The second kappa shape index (κ2) is 7.30. The fraction of sp³-hybridized carbons (Fsp3) is 0.176. The smallest absolute Gasteiger partial charge is 0.422 e. The molecule has 0 unspecified atom stereocenters. The quantitative estimate of drug-likeness (QED) is 0.195. The van der Waals surface area contributed by atoms with Crippen LogP contribution in [0.1, 0.15) is 16.7 Å². The van der Waals surface area contributed by atoms with E-state index in [2.05, 4.69) is 9.17 Å². The third kappa shape index (κ3) is 4.06. The van der Waals surface area contributed by atoms with Gasteiger partial charge in [-0.15, -0.1) is 0 Å². The van der Waals surface area contributed by atoms with Crippen molar-refractivity contribution in [3.05, 3.63) is 68.5 Å². The number of alkyl halides is 3. The predicted molar refractivity (Wildman–Crippen MR) is 94.8 cm³/mol. The zero-order valence-electron chi connectivity index (χ0n) is 14.4. The molecular weight excluding hydrogens is 442 g/mol. The Morgan fingerprint density at radius 1 is 1.24 bits per heavy atom. The van der Waals surface area contributed by atoms with E-state index in [9.17, 15) is 30.8 Å². The molecule has 6 nitrogen and oxygen atoms in total. The first-order valence-electron chi connectivity index (χ1n) is 7.76. The number of hydrogen-bond donors (Lipinski definition) is 0. The second-order valence-electron chi connectivity index (χ2n) is 5.89. The fourth-order valence-corrected chi connectivity index (χ4v) is 3.22. The third-order valence-electron chi connectivity index (χ3n) is 4.04. The highest BCUT2D eigenvalue weighted by Crippen LogP contribution is 2.30. The molecule has 2 heterocycles. The summed E-state index contributed by atoms with van der Waals surface area (Å²) in [5.74, 6) is -1.48. The standard InChI is InChI=1S/C17H10ClF4NO5S/c1-8-11-3-2-10(28-29(25,26)17(20,21)22)7-13(11)27-16(24)12(8)6-9-4-5-23-15(18)14(9)19/h2-5,7H,6H2,1H3. The molecule has 0 N–H and O–H groups in total. The lowest BCUT2D eigenvalue weighted by Crippen LogP contribution is -2.28. The van der Waals surface area contributed by atoms with Crippen molar-refractivity contribution in [3.8, 4) is 5.75 Å². The van der Waals surface area contributed by atoms with Gasteiger partial charge in [0.05, 0.1) is 0 Å². The molecule has 0 amide bonds. The van der Waals surface area contributed by atoms with Gasteiger partial charge in [-0.1, -0.05) is 11.6 Å². The molecule has 0 atom stereocenters. The Hall–Kier alpha value is -2.66. The number of halogens is 5. The van der Waals surface area contributed by atoms with E-state index in [4.69, 9.17) is 16.0 Å². The molecule has 12 heteroatoms. The van der Waals surface area contributed by atoms with Crippen LogP contribution in [0, 0.1) is 12.7 Å². The predicted octanol–water partition coefficient (Wildman–Crippen LogP) is 4.11. The van der Waals surface area contributed by atoms with Crippen LogP contribution in [0.2, 0.25) is 5.15 Å². The molecule has 0 saturated carbocycles. The first kappa shape index (κ1) is 21.1. The maximum absolute atomic E-state index is 14.1. The zero-order chi connectivity index (χ0) is 21.6. The number of benzene rings is 1. The first-order valence-corrected chi connectivity index (χ1v) is 9.55. The van der Waals surface area contributed by atoms with Crippen molar-refractivity contribution in [3.63, 3.8) is 0 Å². The van der Waals surface area contributed by atoms with Crippen LogP contribution in [0.5, 0.6) is 5.75 Å². The van der Waals surface area contributed by atoms with Crippen molar-refractivity contribution in [2.24, 2.45) is 0 Å². The molecule has 0 saturated heterocycles. The van der Waals surface area contributed by atoms with Gasteiger partial charge >= 0.3 is 21.3 Å². The normalized spacial score (nSPS) is 12.3. The molecular formula is C17H10ClF4NO5S. The van der Waals surface area contributed by atoms with E-state index in [-0.39, 0.29) is 28.3 Å². The molecule has 0 radical (unpaired) electrons. The van der Waals surface area contributed by atoms with E-state index in [1.165, 1.54) is 25.3 Å². The van der Waals surface area contributed by atoms with E-state index >= 15 is 0 Å². The van der Waals surface area contributed by atoms with Gasteiger partial charge < -0.3 is 8.60 Å². The molecule has 0 aliphatic carbocycles. The van der Waals surface area contributed by atoms with E-state index < -0.39 is 32.8 Å². The summed E-state index contributed by atoms with van der Waals surface area (Å²) in [6, 6.07) is 4.39. The number of hydrogen-bond acceptors (Lipinski definition) is 6. The lowest BCUT2D eigenvalue weighted by molar-refractivity contribution is -0.0500. The van der Waals surface area contributed by atoms with Crippen LogP contribution in [0.15, 0.2) is 39.7 Å². The lowest BCUT2D eigenvalue weighted by atomic mass is 10.00. The van der Waals surface area contributed by atoms with Gasteiger partial charge in [0.15, 0.2) is 11.0 Å². The van der Waals surface area contributed by atoms with Crippen LogP contribution in [0.25, 0.3) is 11.0 Å². The van der Waals surface area contributed by atoms with Gasteiger partial charge in [0, 0.05) is 29.6 Å². The third-order valence-corrected chi connectivity index (χ3v) is 5.28. The average Bonchev–Trinajstić information content (AvgIpc) is 2.60. The number of pyridine rings is 1. The Kier molecular flexibility index (Phi) is 5.30. The minimum absolute atomic E-state index is 0.0928. The van der Waals surface area contributed by atoms with Crippen molar-refractivity contribution in [1.82, 2.24) is 4.98 Å². The van der Waals surface area contributed by atoms with Crippen molar-refractivity contribution in [2.75, 3.05) is 0 Å². The van der Waals surface area contributed by atoms with Crippen molar-refractivity contribution >= 4 is 32.7 Å². The molecule has 1 aromatic carbocycles. The van der Waals surface area contributed by atoms with E-state index in [1.807, 2.05) is 0 Å². The zero-order valence-corrected chi connectivity index (χ0v) is 16.0. The fourth-order valence-electron chi connectivity index (χ4n) is 2.59. The van der Waals surface area contributed by atoms with Gasteiger partial charge in [-0.3, -0.25) is 0 Å². The van der Waals surface area contributed by atoms with Crippen LogP contribution in [0.4, 0.5) is 17.6 Å². The monoisotopic (exact) mass is 451 g/mol. The van der Waals surface area contributed by atoms with Crippen LogP contribution >= 0.6 is 11.6 Å². The largest absolute Gasteiger partial charge is 0.534 e. The van der Waals surface area contributed by atoms with Gasteiger partial charge in [0.2, 0.25) is 0 Å². The Morgan fingerprint density at radius 3 is 2.59 bits per heavy atom. The molecule has 0 spiro atoms. The molecule has 154 valence electrons. The highest BCUT2D eigenvalue weighted by atomic mass is 35.5. The number of rotatable bonds is 4. The summed E-state index contributed by atoms with van der Waals surface area (Å²) in [6.07, 6.45) is 1.10. The Morgan fingerprint density at radius 2 is 1.93 bits per heavy atom. The van der Waals surface area contributed by atoms with E-state index in [0.717, 1.165) is 12.1 Å². The summed E-state index contributed by atoms with van der Waals surface area (Å²) >= 11 is 5.63. The van der Waals surface area contributed by atoms with Crippen LogP contribution in [-0.4, -0.2) is 18.9 Å². The lowest BCUT2D eigenvalue weighted by Gasteiger charge is -2.11. The van der Waals surface area contributed by atoms with E-state index in [1.54, 1.807) is 0 Å². The van der Waals surface area contributed by atoms with Crippen LogP contribution in [-0.2, 0) is 16.5 Å². The van der Waals surface area contributed by atoms with Gasteiger partial charge in [0.25, 0.3) is 0 Å². The number of nitrogens with zero attached hydrogens (tertiary/aromatic N) is 1. The molecule has 29 heavy (non-hydrogen) atoms. The summed E-state index contributed by atoms with van der Waals surface area (Å²) in [6.45, 7) is 1.53. The molecule has 3 aromatic rings. The topological polar surface area (TPSA) is 86.5 Å². The van der Waals surface area contributed by atoms with Crippen molar-refractivity contribution < 1.29 is 34.6 Å². The number of aryl methyl sites for hydroxylation is 1. The SMILES string of the molecule is Cc1c(Cc2ccnc(Cl)c2F)c(=O)oc2cc(OS(=O)(=O)C(F)(F)F)ccc12. The summed E-state index contributed by atoms with van der Waals surface area (Å²) in [5.41, 5.74) is -6.13. The maximum Gasteiger partial charge on any atom is 0.534 e. The molecule has 3 rings (SSSR count). The Labute approximate surface area is 165 Å². The molecule has 0 fully saturated rings. The minimum atomic E-state index is -5.88. The molecule has 0 aliphatic rings. The van der Waals surface area contributed by atoms with Gasteiger partial charge in [-0.25, -0.2) is 14.2 Å². The van der Waals surface area contributed by atoms with Gasteiger partial charge in [-0.2, -0.15) is 21.6 Å². The van der Waals surface area contributed by atoms with Gasteiger partial charge in [-0.05, 0) is 36.2 Å². The summed E-state index contributed by atoms with van der Waals surface area (Å²) < 4.78 is 82.8. The van der Waals surface area contributed by atoms with Gasteiger partial charge in [0.1, 0.15) is 11.3 Å². The average molecular weight is 452 g/mol. The number of fused-ring (bicyclic) bond motifs is 1. The van der Waals surface area contributed by atoms with Crippen LogP contribution < -0.4 is 9.81 Å². The minimum Gasteiger partial charge on any atom is -0.422 e. The first-order chi connectivity index (χ1) is 13.4. The Balaban J connectivity index is 2.05. The number of aromatic nitrogens is 1. The van der Waals surface area contributed by atoms with Crippen molar-refractivity contribution in [1.29, 1.82) is 0 Å². The highest BCUT2D eigenvalue weighted by Gasteiger charge is 2.48. The summed E-state index contributed by atoms with van der Waals surface area (Å²) in [5, 5.41) is -0.0603. The maximum atomic E-state index is 14.1. The second-order valence-corrected chi connectivity index (χ2v) is 7.78. The van der Waals surface area contributed by atoms with Crippen LogP contribution in [0.3, 0.4) is 0 Å². The Bertz CT molecular complexity index is 1270. The summed E-state index contributed by atoms with van der Waals surface area (Å²) in [4.78, 5) is 15.9. The molecule has 0 aliphatic heterocycles. The highest BCUT2D eigenvalue weighted by molar-refractivity contribution is 7.88. The summed E-state index contributed by atoms with van der Waals surface area (Å²) in [7, 11) is -5.88. The van der Waals surface area contributed by atoms with Crippen molar-refractivity contribution in [2.45, 2.75) is 18.9 Å². The molecule has 2 aromatic heterocycles.